The van der Waals surface area contributed by atoms with Crippen molar-refractivity contribution in [2.45, 2.75) is 40.2 Å². The minimum atomic E-state index is -0.538. The van der Waals surface area contributed by atoms with Gasteiger partial charge in [-0.05, 0) is 51.3 Å². The smallest absolute Gasteiger partial charge is 0.341 e. The molecule has 1 fully saturated rings. The summed E-state index contributed by atoms with van der Waals surface area (Å²) in [7, 11) is 0. The van der Waals surface area contributed by atoms with Crippen LogP contribution in [0.15, 0.2) is 29.1 Å². The zero-order valence-electron chi connectivity index (χ0n) is 16.4. The van der Waals surface area contributed by atoms with Crippen LogP contribution < -0.4 is 10.9 Å². The first-order valence-electron chi connectivity index (χ1n) is 9.41. The molecule has 0 aliphatic heterocycles. The molecule has 150 valence electrons. The Labute approximate surface area is 171 Å². The van der Waals surface area contributed by atoms with Crippen molar-refractivity contribution >= 4 is 33.9 Å². The van der Waals surface area contributed by atoms with Crippen molar-refractivity contribution < 1.29 is 14.3 Å². The molecule has 4 rings (SSSR count). The van der Waals surface area contributed by atoms with Gasteiger partial charge in [-0.15, -0.1) is 11.3 Å². The predicted molar refractivity (Wildman–Crippen MR) is 110 cm³/mol. The number of amides is 1. The summed E-state index contributed by atoms with van der Waals surface area (Å²) in [6, 6.07) is 6.75. The lowest BCUT2D eigenvalue weighted by molar-refractivity contribution is -0.117. The normalized spacial score (nSPS) is 13.5. The highest BCUT2D eigenvalue weighted by atomic mass is 32.1. The van der Waals surface area contributed by atoms with Crippen molar-refractivity contribution in [3.05, 3.63) is 62.0 Å². The van der Waals surface area contributed by atoms with E-state index in [2.05, 4.69) is 10.3 Å². The van der Waals surface area contributed by atoms with E-state index in [-0.39, 0.29) is 24.0 Å². The molecule has 0 aromatic carbocycles. The van der Waals surface area contributed by atoms with Gasteiger partial charge in [0.1, 0.15) is 17.3 Å². The Morgan fingerprint density at radius 1 is 1.28 bits per heavy atom. The second-order valence-electron chi connectivity index (χ2n) is 7.27. The Morgan fingerprint density at radius 2 is 2.03 bits per heavy atom. The lowest BCUT2D eigenvalue weighted by Crippen LogP contribution is -2.19. The molecule has 1 aliphatic rings. The van der Waals surface area contributed by atoms with Gasteiger partial charge in [-0.25, -0.2) is 9.78 Å². The fourth-order valence-electron chi connectivity index (χ4n) is 3.17. The summed E-state index contributed by atoms with van der Waals surface area (Å²) in [6.45, 7) is 5.44. The molecule has 1 amide bonds. The lowest BCUT2D eigenvalue weighted by Gasteiger charge is -2.09. The number of aromatic nitrogens is 2. The van der Waals surface area contributed by atoms with E-state index >= 15 is 0 Å². The van der Waals surface area contributed by atoms with Gasteiger partial charge >= 0.3 is 5.97 Å². The highest BCUT2D eigenvalue weighted by molar-refractivity contribution is 7.16. The number of esters is 1. The van der Waals surface area contributed by atoms with Crippen molar-refractivity contribution in [3.8, 4) is 0 Å². The Kier molecular flexibility index (Phi) is 4.96. The second kappa shape index (κ2) is 7.44. The third kappa shape index (κ3) is 3.80. The number of aryl methyl sites for hydroxylation is 2. The van der Waals surface area contributed by atoms with Crippen molar-refractivity contribution in [2.75, 3.05) is 5.32 Å². The number of carbonyl (C=O) groups is 2. The number of nitrogens with zero attached hydrogens (tertiary/aromatic N) is 2. The van der Waals surface area contributed by atoms with E-state index in [0.29, 0.717) is 21.9 Å². The van der Waals surface area contributed by atoms with Crippen LogP contribution in [0, 0.1) is 26.7 Å². The molecule has 7 nitrogen and oxygen atoms in total. The van der Waals surface area contributed by atoms with Gasteiger partial charge in [0.15, 0.2) is 0 Å². The molecule has 3 aromatic rings. The molecular weight excluding hydrogens is 390 g/mol. The average Bonchev–Trinajstić information content (AvgIpc) is 3.47. The quantitative estimate of drug-likeness (QED) is 0.650. The molecule has 0 saturated heterocycles. The van der Waals surface area contributed by atoms with Gasteiger partial charge in [-0.2, -0.15) is 0 Å². The number of carbonyl (C=O) groups excluding carboxylic acids is 2. The van der Waals surface area contributed by atoms with E-state index in [1.165, 1.54) is 21.8 Å². The summed E-state index contributed by atoms with van der Waals surface area (Å²) >= 11 is 1.37. The van der Waals surface area contributed by atoms with Gasteiger partial charge in [0.25, 0.3) is 5.56 Å². The zero-order chi connectivity index (χ0) is 20.7. The number of anilines is 1. The van der Waals surface area contributed by atoms with Crippen LogP contribution in [0.25, 0.3) is 5.65 Å². The molecular formula is C21H21N3O4S. The molecule has 0 bridgehead atoms. The van der Waals surface area contributed by atoms with Gasteiger partial charge in [-0.1, -0.05) is 6.07 Å². The third-order valence-corrected chi connectivity index (χ3v) is 6.18. The van der Waals surface area contributed by atoms with Gasteiger partial charge in [0.2, 0.25) is 5.91 Å². The molecule has 0 atom stereocenters. The molecule has 0 unspecified atom stereocenters. The van der Waals surface area contributed by atoms with Gasteiger partial charge < -0.3 is 10.1 Å². The number of pyridine rings is 1. The number of fused-ring (bicyclic) bond motifs is 1. The van der Waals surface area contributed by atoms with Crippen molar-refractivity contribution in [3.63, 3.8) is 0 Å². The second-order valence-corrected chi connectivity index (χ2v) is 8.50. The van der Waals surface area contributed by atoms with Crippen LogP contribution in [0.3, 0.4) is 0 Å². The lowest BCUT2D eigenvalue weighted by atomic mass is 10.1. The molecule has 1 aliphatic carbocycles. The number of rotatable bonds is 5. The van der Waals surface area contributed by atoms with E-state index in [4.69, 9.17) is 4.74 Å². The topological polar surface area (TPSA) is 89.8 Å². The molecule has 0 spiro atoms. The summed E-state index contributed by atoms with van der Waals surface area (Å²) in [6.07, 6.45) is 1.77. The largest absolute Gasteiger partial charge is 0.455 e. The van der Waals surface area contributed by atoms with E-state index in [1.807, 2.05) is 32.9 Å². The first kappa shape index (κ1) is 19.3. The van der Waals surface area contributed by atoms with Gasteiger partial charge in [-0.3, -0.25) is 14.0 Å². The van der Waals surface area contributed by atoms with Crippen LogP contribution in [0.4, 0.5) is 5.00 Å². The van der Waals surface area contributed by atoms with Crippen LogP contribution >= 0.6 is 11.3 Å². The van der Waals surface area contributed by atoms with E-state index in [1.54, 1.807) is 6.07 Å². The zero-order valence-corrected chi connectivity index (χ0v) is 17.3. The summed E-state index contributed by atoms with van der Waals surface area (Å²) in [5.74, 6) is -0.552. The summed E-state index contributed by atoms with van der Waals surface area (Å²) in [5, 5.41) is 3.38. The number of hydrogen-bond acceptors (Lipinski definition) is 6. The summed E-state index contributed by atoms with van der Waals surface area (Å²) < 4.78 is 6.95. The maximum atomic E-state index is 12.8. The van der Waals surface area contributed by atoms with Crippen molar-refractivity contribution in [2.24, 2.45) is 5.92 Å². The maximum absolute atomic E-state index is 12.8. The number of hydrogen-bond donors (Lipinski definition) is 1. The van der Waals surface area contributed by atoms with E-state index in [9.17, 15) is 14.4 Å². The number of thiophene rings is 1. The first-order valence-corrected chi connectivity index (χ1v) is 10.2. The minimum absolute atomic E-state index is 0.0415. The summed E-state index contributed by atoms with van der Waals surface area (Å²) in [4.78, 5) is 42.6. The SMILES string of the molecule is Cc1sc(NC(=O)C2CC2)c(C(=O)OCc2cc(=O)n3c(C)cccc3n2)c1C. The van der Waals surface area contributed by atoms with Crippen molar-refractivity contribution in [1.82, 2.24) is 9.38 Å². The molecule has 3 heterocycles. The minimum Gasteiger partial charge on any atom is -0.455 e. The molecule has 0 radical (unpaired) electrons. The third-order valence-electron chi connectivity index (χ3n) is 5.06. The monoisotopic (exact) mass is 411 g/mol. The molecule has 29 heavy (non-hydrogen) atoms. The molecule has 8 heteroatoms. The predicted octanol–water partition coefficient (Wildman–Crippen LogP) is 3.39. The van der Waals surface area contributed by atoms with Crippen LogP contribution in [0.2, 0.25) is 0 Å². The summed E-state index contributed by atoms with van der Waals surface area (Å²) in [5.41, 5.74) is 2.59. The van der Waals surface area contributed by atoms with E-state index < -0.39 is 5.97 Å². The number of nitrogens with one attached hydrogen (secondary N) is 1. The van der Waals surface area contributed by atoms with Gasteiger partial charge in [0, 0.05) is 22.6 Å². The van der Waals surface area contributed by atoms with Crippen LogP contribution in [-0.4, -0.2) is 21.3 Å². The Morgan fingerprint density at radius 3 is 2.76 bits per heavy atom. The Bertz CT molecular complexity index is 1190. The fourth-order valence-corrected chi connectivity index (χ4v) is 4.22. The molecule has 1 N–H and O–H groups in total. The highest BCUT2D eigenvalue weighted by Gasteiger charge is 2.31. The Hall–Kier alpha value is -3.00. The van der Waals surface area contributed by atoms with Gasteiger partial charge in [0.05, 0.1) is 11.3 Å². The Balaban J connectivity index is 1.55. The van der Waals surface area contributed by atoms with Crippen molar-refractivity contribution in [1.29, 1.82) is 0 Å². The standard InChI is InChI=1S/C21H21N3O4S/c1-11-5-4-6-16-22-15(9-17(25)24(11)16)10-28-21(27)18-12(2)13(3)29-20(18)23-19(26)14-7-8-14/h4-6,9,14H,7-8,10H2,1-3H3,(H,23,26). The molecule has 1 saturated carbocycles. The first-order chi connectivity index (χ1) is 13.8. The number of ether oxygens (including phenoxy) is 1. The van der Waals surface area contributed by atoms with Crippen LogP contribution in [0.5, 0.6) is 0 Å². The highest BCUT2D eigenvalue weighted by Crippen LogP contribution is 2.36. The van der Waals surface area contributed by atoms with E-state index in [0.717, 1.165) is 29.0 Å². The van der Waals surface area contributed by atoms with Crippen LogP contribution in [-0.2, 0) is 16.1 Å². The molecule has 3 aromatic heterocycles. The van der Waals surface area contributed by atoms with Crippen LogP contribution in [0.1, 0.15) is 45.0 Å². The fraction of sp³-hybridized carbons (Fsp3) is 0.333. The average molecular weight is 411 g/mol. The maximum Gasteiger partial charge on any atom is 0.341 e.